The van der Waals surface area contributed by atoms with Crippen molar-refractivity contribution in [1.29, 1.82) is 0 Å². The first-order valence-electron chi connectivity index (χ1n) is 8.70. The van der Waals surface area contributed by atoms with Crippen LogP contribution in [-0.4, -0.2) is 56.3 Å². The minimum Gasteiger partial charge on any atom is -0.482 e. The quantitative estimate of drug-likeness (QED) is 0.737. The summed E-state index contributed by atoms with van der Waals surface area (Å²) in [5.74, 6) is -0.556. The van der Waals surface area contributed by atoms with E-state index in [9.17, 15) is 17.6 Å². The molecule has 150 valence electrons. The van der Waals surface area contributed by atoms with Gasteiger partial charge in [-0.3, -0.25) is 4.79 Å². The van der Waals surface area contributed by atoms with E-state index in [0.29, 0.717) is 0 Å². The largest absolute Gasteiger partial charge is 0.482 e. The van der Waals surface area contributed by atoms with E-state index in [1.807, 2.05) is 6.92 Å². The number of carbonyl (C=O) groups is 1. The molecule has 3 rings (SSSR count). The Bertz CT molecular complexity index is 958. The SMILES string of the molecule is Cc1ccc(S(=O)(=O)N2CCN(C(=O)COc3ccc(F)cc3Cl)CC2)cc1. The summed E-state index contributed by atoms with van der Waals surface area (Å²) in [5.41, 5.74) is 0.982. The molecule has 2 aromatic rings. The molecule has 2 aromatic carbocycles. The summed E-state index contributed by atoms with van der Waals surface area (Å²) in [4.78, 5) is 14.1. The lowest BCUT2D eigenvalue weighted by Crippen LogP contribution is -2.51. The molecule has 0 unspecified atom stereocenters. The third kappa shape index (κ3) is 4.63. The third-order valence-corrected chi connectivity index (χ3v) is 6.70. The van der Waals surface area contributed by atoms with E-state index < -0.39 is 15.8 Å². The van der Waals surface area contributed by atoms with Crippen LogP contribution in [0.3, 0.4) is 0 Å². The molecule has 0 saturated carbocycles. The topological polar surface area (TPSA) is 66.9 Å². The molecule has 1 fully saturated rings. The zero-order chi connectivity index (χ0) is 20.3. The van der Waals surface area contributed by atoms with Crippen LogP contribution in [0.4, 0.5) is 4.39 Å². The van der Waals surface area contributed by atoms with Crippen molar-refractivity contribution in [2.45, 2.75) is 11.8 Å². The molecule has 6 nitrogen and oxygen atoms in total. The van der Waals surface area contributed by atoms with E-state index in [2.05, 4.69) is 0 Å². The second kappa shape index (κ2) is 8.46. The van der Waals surface area contributed by atoms with Gasteiger partial charge in [0.15, 0.2) is 6.61 Å². The van der Waals surface area contributed by atoms with Crippen molar-refractivity contribution in [3.63, 3.8) is 0 Å². The molecule has 0 N–H and O–H groups in total. The first-order valence-corrected chi connectivity index (χ1v) is 10.5. The van der Waals surface area contributed by atoms with Gasteiger partial charge in [0, 0.05) is 26.2 Å². The number of benzene rings is 2. The molecule has 1 saturated heterocycles. The fourth-order valence-corrected chi connectivity index (χ4v) is 4.50. The lowest BCUT2D eigenvalue weighted by atomic mass is 10.2. The van der Waals surface area contributed by atoms with Gasteiger partial charge in [0.25, 0.3) is 5.91 Å². The van der Waals surface area contributed by atoms with Gasteiger partial charge in [-0.05, 0) is 37.3 Å². The van der Waals surface area contributed by atoms with E-state index in [4.69, 9.17) is 16.3 Å². The van der Waals surface area contributed by atoms with E-state index >= 15 is 0 Å². The highest BCUT2D eigenvalue weighted by Crippen LogP contribution is 2.25. The number of hydrogen-bond acceptors (Lipinski definition) is 4. The summed E-state index contributed by atoms with van der Waals surface area (Å²) >= 11 is 5.87. The second-order valence-electron chi connectivity index (χ2n) is 6.46. The van der Waals surface area contributed by atoms with Crippen LogP contribution in [0.15, 0.2) is 47.4 Å². The fourth-order valence-electron chi connectivity index (χ4n) is 2.86. The summed E-state index contributed by atoms with van der Waals surface area (Å²) in [7, 11) is -3.58. The van der Waals surface area contributed by atoms with Crippen LogP contribution < -0.4 is 4.74 Å². The second-order valence-corrected chi connectivity index (χ2v) is 8.81. The summed E-state index contributed by atoms with van der Waals surface area (Å²) < 4.78 is 45.2. The molecular weight excluding hydrogens is 407 g/mol. The first kappa shape index (κ1) is 20.6. The molecule has 0 radical (unpaired) electrons. The van der Waals surface area contributed by atoms with Crippen molar-refractivity contribution in [3.8, 4) is 5.75 Å². The van der Waals surface area contributed by atoms with Crippen LogP contribution in [0.1, 0.15) is 5.56 Å². The average Bonchev–Trinajstić information content (AvgIpc) is 2.67. The van der Waals surface area contributed by atoms with Gasteiger partial charge in [-0.25, -0.2) is 12.8 Å². The lowest BCUT2D eigenvalue weighted by Gasteiger charge is -2.34. The maximum atomic E-state index is 13.0. The average molecular weight is 427 g/mol. The van der Waals surface area contributed by atoms with Crippen molar-refractivity contribution in [2.75, 3.05) is 32.8 Å². The van der Waals surface area contributed by atoms with E-state index in [-0.39, 0.29) is 54.4 Å². The highest BCUT2D eigenvalue weighted by molar-refractivity contribution is 7.89. The number of hydrogen-bond donors (Lipinski definition) is 0. The Kier molecular flexibility index (Phi) is 6.22. The van der Waals surface area contributed by atoms with Crippen LogP contribution >= 0.6 is 11.6 Å². The Morgan fingerprint density at radius 1 is 1.11 bits per heavy atom. The zero-order valence-corrected chi connectivity index (χ0v) is 16.8. The minimum atomic E-state index is -3.58. The van der Waals surface area contributed by atoms with Crippen molar-refractivity contribution >= 4 is 27.5 Å². The number of amides is 1. The van der Waals surface area contributed by atoms with Crippen molar-refractivity contribution in [1.82, 2.24) is 9.21 Å². The molecule has 0 atom stereocenters. The van der Waals surface area contributed by atoms with Gasteiger partial charge in [-0.15, -0.1) is 0 Å². The summed E-state index contributed by atoms with van der Waals surface area (Å²) in [6, 6.07) is 10.3. The Hall–Kier alpha value is -2.16. The molecule has 1 heterocycles. The molecule has 1 aliphatic rings. The summed E-state index contributed by atoms with van der Waals surface area (Å²) in [6.45, 7) is 2.59. The Morgan fingerprint density at radius 3 is 2.36 bits per heavy atom. The van der Waals surface area contributed by atoms with Crippen LogP contribution in [0, 0.1) is 12.7 Å². The molecule has 1 amide bonds. The Labute approximate surface area is 168 Å². The van der Waals surface area contributed by atoms with Gasteiger partial charge in [-0.2, -0.15) is 4.31 Å². The van der Waals surface area contributed by atoms with Gasteiger partial charge < -0.3 is 9.64 Å². The van der Waals surface area contributed by atoms with E-state index in [0.717, 1.165) is 11.6 Å². The van der Waals surface area contributed by atoms with Crippen LogP contribution in [-0.2, 0) is 14.8 Å². The Morgan fingerprint density at radius 2 is 1.75 bits per heavy atom. The number of halogens is 2. The molecule has 1 aliphatic heterocycles. The van der Waals surface area contributed by atoms with Crippen LogP contribution in [0.2, 0.25) is 5.02 Å². The smallest absolute Gasteiger partial charge is 0.260 e. The van der Waals surface area contributed by atoms with E-state index in [1.165, 1.54) is 16.4 Å². The summed E-state index contributed by atoms with van der Waals surface area (Å²) in [5, 5.41) is 0.0850. The molecule has 0 spiro atoms. The normalized spacial score (nSPS) is 15.5. The predicted molar refractivity (Wildman–Crippen MR) is 103 cm³/mol. The molecular formula is C19H20ClFN2O4S. The number of aryl methyl sites for hydroxylation is 1. The molecule has 28 heavy (non-hydrogen) atoms. The first-order chi connectivity index (χ1) is 13.3. The maximum Gasteiger partial charge on any atom is 0.260 e. The van der Waals surface area contributed by atoms with Crippen LogP contribution in [0.5, 0.6) is 5.75 Å². The molecule has 0 bridgehead atoms. The van der Waals surface area contributed by atoms with Gasteiger partial charge in [0.1, 0.15) is 11.6 Å². The monoisotopic (exact) mass is 426 g/mol. The standard InChI is InChI=1S/C19H20ClFN2O4S/c1-14-2-5-16(6-3-14)28(25,26)23-10-8-22(9-11-23)19(24)13-27-18-7-4-15(21)12-17(18)20/h2-7,12H,8-11,13H2,1H3. The number of carbonyl (C=O) groups excluding carboxylic acids is 1. The van der Waals surface area contributed by atoms with Crippen molar-refractivity contribution in [3.05, 3.63) is 58.9 Å². The Balaban J connectivity index is 1.55. The number of nitrogens with zero attached hydrogens (tertiary/aromatic N) is 2. The van der Waals surface area contributed by atoms with Crippen LogP contribution in [0.25, 0.3) is 0 Å². The molecule has 9 heteroatoms. The fraction of sp³-hybridized carbons (Fsp3) is 0.316. The molecule has 0 aromatic heterocycles. The van der Waals surface area contributed by atoms with E-state index in [1.54, 1.807) is 29.2 Å². The van der Waals surface area contributed by atoms with Gasteiger partial charge in [0.2, 0.25) is 10.0 Å². The third-order valence-electron chi connectivity index (χ3n) is 4.50. The number of piperazine rings is 1. The highest BCUT2D eigenvalue weighted by atomic mass is 35.5. The van der Waals surface area contributed by atoms with Crippen molar-refractivity contribution in [2.24, 2.45) is 0 Å². The predicted octanol–water partition coefficient (Wildman–Crippen LogP) is 2.70. The minimum absolute atomic E-state index is 0.0850. The zero-order valence-electron chi connectivity index (χ0n) is 15.3. The molecule has 0 aliphatic carbocycles. The summed E-state index contributed by atoms with van der Waals surface area (Å²) in [6.07, 6.45) is 0. The van der Waals surface area contributed by atoms with Gasteiger partial charge in [-0.1, -0.05) is 29.3 Å². The maximum absolute atomic E-state index is 13.0. The lowest BCUT2D eigenvalue weighted by molar-refractivity contribution is -0.134. The number of ether oxygens (including phenoxy) is 1. The number of sulfonamides is 1. The number of rotatable bonds is 5. The van der Waals surface area contributed by atoms with Crippen molar-refractivity contribution < 1.29 is 22.3 Å². The van der Waals surface area contributed by atoms with Gasteiger partial charge >= 0.3 is 0 Å². The van der Waals surface area contributed by atoms with Gasteiger partial charge in [0.05, 0.1) is 9.92 Å². The highest BCUT2D eigenvalue weighted by Gasteiger charge is 2.30.